The second-order valence-electron chi connectivity index (χ2n) is 4.63. The fraction of sp³-hybridized carbons (Fsp3) is 0.333. The Labute approximate surface area is 108 Å². The first-order valence-electron chi connectivity index (χ1n) is 6.17. The lowest BCUT2D eigenvalue weighted by molar-refractivity contribution is 0.242. The van der Waals surface area contributed by atoms with E-state index in [4.69, 9.17) is 9.15 Å². The maximum atomic E-state index is 5.66. The second-order valence-corrected chi connectivity index (χ2v) is 4.63. The van der Waals surface area contributed by atoms with Gasteiger partial charge in [-0.25, -0.2) is 0 Å². The van der Waals surface area contributed by atoms with Crippen LogP contribution in [0.2, 0.25) is 0 Å². The van der Waals surface area contributed by atoms with Crippen molar-refractivity contribution in [2.45, 2.75) is 33.4 Å². The number of hydrogen-bond donors (Lipinski definition) is 1. The van der Waals surface area contributed by atoms with E-state index in [9.17, 15) is 0 Å². The molecule has 3 nitrogen and oxygen atoms in total. The molecule has 1 heterocycles. The molecule has 1 aromatic carbocycles. The molecule has 96 valence electrons. The van der Waals surface area contributed by atoms with Gasteiger partial charge < -0.3 is 14.5 Å². The molecule has 0 aliphatic carbocycles. The highest BCUT2D eigenvalue weighted by Crippen LogP contribution is 2.22. The molecule has 3 heteroatoms. The Morgan fingerprint density at radius 1 is 1.28 bits per heavy atom. The van der Waals surface area contributed by atoms with Gasteiger partial charge in [0, 0.05) is 17.8 Å². The zero-order valence-electron chi connectivity index (χ0n) is 11.1. The predicted molar refractivity (Wildman–Crippen MR) is 73.0 cm³/mol. The summed E-state index contributed by atoms with van der Waals surface area (Å²) in [6.45, 7) is 6.90. The molecule has 18 heavy (non-hydrogen) atoms. The smallest absolute Gasteiger partial charge is 0.120 e. The van der Waals surface area contributed by atoms with E-state index < -0.39 is 0 Å². The lowest BCUT2D eigenvalue weighted by atomic mass is 10.2. The van der Waals surface area contributed by atoms with Gasteiger partial charge in [0.1, 0.15) is 5.75 Å². The Morgan fingerprint density at radius 2 is 2.11 bits per heavy atom. The van der Waals surface area contributed by atoms with E-state index in [0.717, 1.165) is 23.5 Å². The van der Waals surface area contributed by atoms with Crippen LogP contribution in [0.15, 0.2) is 41.2 Å². The fourth-order valence-electron chi connectivity index (χ4n) is 1.77. The minimum atomic E-state index is 0.203. The lowest BCUT2D eigenvalue weighted by Crippen LogP contribution is -2.06. The molecule has 0 atom stereocenters. The Bertz CT molecular complexity index is 489. The third kappa shape index (κ3) is 3.29. The molecule has 0 amide bonds. The molecule has 0 bridgehead atoms. The summed E-state index contributed by atoms with van der Waals surface area (Å²) >= 11 is 0. The van der Waals surface area contributed by atoms with E-state index in [2.05, 4.69) is 18.3 Å². The maximum Gasteiger partial charge on any atom is 0.120 e. The quantitative estimate of drug-likeness (QED) is 0.865. The molecule has 2 rings (SSSR count). The fourth-order valence-corrected chi connectivity index (χ4v) is 1.77. The van der Waals surface area contributed by atoms with Crippen LogP contribution in [0.1, 0.15) is 25.0 Å². The Balaban J connectivity index is 2.01. The van der Waals surface area contributed by atoms with Gasteiger partial charge in [-0.15, -0.1) is 0 Å². The standard InChI is InChI=1S/C15H19NO2/c1-11(2)18-14-4-5-15(12(3)8-14)16-9-13-6-7-17-10-13/h4-8,10-11,16H,9H2,1-3H3. The summed E-state index contributed by atoms with van der Waals surface area (Å²) in [6, 6.07) is 8.05. The van der Waals surface area contributed by atoms with Crippen LogP contribution in [0.3, 0.4) is 0 Å². The van der Waals surface area contributed by atoms with Gasteiger partial charge in [0.15, 0.2) is 0 Å². The Kier molecular flexibility index (Phi) is 3.92. The van der Waals surface area contributed by atoms with Crippen molar-refractivity contribution < 1.29 is 9.15 Å². The van der Waals surface area contributed by atoms with Crippen molar-refractivity contribution in [3.63, 3.8) is 0 Å². The van der Waals surface area contributed by atoms with Gasteiger partial charge in [-0.3, -0.25) is 0 Å². The van der Waals surface area contributed by atoms with E-state index in [1.807, 2.05) is 32.0 Å². The first-order chi connectivity index (χ1) is 8.65. The molecule has 0 saturated heterocycles. The summed E-state index contributed by atoms with van der Waals surface area (Å²) in [4.78, 5) is 0. The second kappa shape index (κ2) is 5.63. The van der Waals surface area contributed by atoms with Gasteiger partial charge in [-0.05, 0) is 50.6 Å². The molecule has 1 N–H and O–H groups in total. The summed E-state index contributed by atoms with van der Waals surface area (Å²) in [7, 11) is 0. The van der Waals surface area contributed by atoms with Gasteiger partial charge in [-0.1, -0.05) is 0 Å². The van der Waals surface area contributed by atoms with E-state index in [1.165, 1.54) is 5.56 Å². The molecular weight excluding hydrogens is 226 g/mol. The zero-order valence-corrected chi connectivity index (χ0v) is 11.1. The number of furan rings is 1. The van der Waals surface area contributed by atoms with Gasteiger partial charge in [0.05, 0.1) is 18.6 Å². The van der Waals surface area contributed by atoms with Crippen molar-refractivity contribution in [2.75, 3.05) is 5.32 Å². The van der Waals surface area contributed by atoms with Crippen molar-refractivity contribution in [2.24, 2.45) is 0 Å². The van der Waals surface area contributed by atoms with Crippen molar-refractivity contribution in [3.8, 4) is 5.75 Å². The highest BCUT2D eigenvalue weighted by molar-refractivity contribution is 5.53. The number of rotatable bonds is 5. The van der Waals surface area contributed by atoms with Crippen LogP contribution in [0.4, 0.5) is 5.69 Å². The summed E-state index contributed by atoms with van der Waals surface area (Å²) in [5.74, 6) is 0.913. The Morgan fingerprint density at radius 3 is 2.72 bits per heavy atom. The summed E-state index contributed by atoms with van der Waals surface area (Å²) in [5.41, 5.74) is 3.43. The van der Waals surface area contributed by atoms with Crippen LogP contribution < -0.4 is 10.1 Å². The number of benzene rings is 1. The van der Waals surface area contributed by atoms with E-state index in [-0.39, 0.29) is 6.10 Å². The number of aryl methyl sites for hydroxylation is 1. The number of nitrogens with one attached hydrogen (secondary N) is 1. The van der Waals surface area contributed by atoms with Crippen LogP contribution in [-0.4, -0.2) is 6.10 Å². The molecule has 0 aliphatic heterocycles. The topological polar surface area (TPSA) is 34.4 Å². The third-order valence-corrected chi connectivity index (χ3v) is 2.63. The van der Waals surface area contributed by atoms with Gasteiger partial charge in [0.2, 0.25) is 0 Å². The molecule has 0 saturated carbocycles. The summed E-state index contributed by atoms with van der Waals surface area (Å²) in [5, 5.41) is 3.38. The Hall–Kier alpha value is -1.90. The van der Waals surface area contributed by atoms with Gasteiger partial charge in [-0.2, -0.15) is 0 Å². The molecule has 0 spiro atoms. The lowest BCUT2D eigenvalue weighted by Gasteiger charge is -2.13. The molecule has 0 fully saturated rings. The van der Waals surface area contributed by atoms with Gasteiger partial charge in [0.25, 0.3) is 0 Å². The van der Waals surface area contributed by atoms with Crippen LogP contribution in [0.25, 0.3) is 0 Å². The summed E-state index contributed by atoms with van der Waals surface area (Å²) in [6.07, 6.45) is 3.64. The first-order valence-corrected chi connectivity index (χ1v) is 6.17. The van der Waals surface area contributed by atoms with E-state index >= 15 is 0 Å². The zero-order chi connectivity index (χ0) is 13.0. The number of ether oxygens (including phenoxy) is 1. The molecule has 1 aromatic heterocycles. The monoisotopic (exact) mass is 245 g/mol. The highest BCUT2D eigenvalue weighted by Gasteiger charge is 2.03. The third-order valence-electron chi connectivity index (χ3n) is 2.63. The largest absolute Gasteiger partial charge is 0.491 e. The van der Waals surface area contributed by atoms with E-state index in [1.54, 1.807) is 12.5 Å². The van der Waals surface area contributed by atoms with Crippen molar-refractivity contribution >= 4 is 5.69 Å². The molecule has 0 aliphatic rings. The predicted octanol–water partition coefficient (Wildman–Crippen LogP) is 3.99. The van der Waals surface area contributed by atoms with Crippen molar-refractivity contribution in [3.05, 3.63) is 47.9 Å². The van der Waals surface area contributed by atoms with Crippen LogP contribution in [-0.2, 0) is 6.54 Å². The average molecular weight is 245 g/mol. The maximum absolute atomic E-state index is 5.66. The highest BCUT2D eigenvalue weighted by atomic mass is 16.5. The normalized spacial score (nSPS) is 10.7. The van der Waals surface area contributed by atoms with Crippen LogP contribution >= 0.6 is 0 Å². The first kappa shape index (κ1) is 12.6. The molecule has 2 aromatic rings. The molecular formula is C15H19NO2. The summed E-state index contributed by atoms with van der Waals surface area (Å²) < 4.78 is 10.7. The van der Waals surface area contributed by atoms with Gasteiger partial charge >= 0.3 is 0 Å². The minimum absolute atomic E-state index is 0.203. The van der Waals surface area contributed by atoms with Crippen LogP contribution in [0.5, 0.6) is 5.75 Å². The molecule has 0 radical (unpaired) electrons. The van der Waals surface area contributed by atoms with Crippen LogP contribution in [0, 0.1) is 6.92 Å². The van der Waals surface area contributed by atoms with E-state index in [0.29, 0.717) is 0 Å². The average Bonchev–Trinajstić information content (AvgIpc) is 2.80. The number of anilines is 1. The number of hydrogen-bond acceptors (Lipinski definition) is 3. The SMILES string of the molecule is Cc1cc(OC(C)C)ccc1NCc1ccoc1. The minimum Gasteiger partial charge on any atom is -0.491 e. The van der Waals surface area contributed by atoms with Crippen molar-refractivity contribution in [1.29, 1.82) is 0 Å². The van der Waals surface area contributed by atoms with Crippen molar-refractivity contribution in [1.82, 2.24) is 0 Å². The molecule has 0 unspecified atom stereocenters.